The number of allylic oxidation sites excluding steroid dienone is 6. The van der Waals surface area contributed by atoms with Gasteiger partial charge in [-0.15, -0.1) is 13.2 Å². The molecule has 4 rings (SSSR count). The van der Waals surface area contributed by atoms with Crippen molar-refractivity contribution in [1.82, 2.24) is 5.32 Å². The van der Waals surface area contributed by atoms with Crippen molar-refractivity contribution < 1.29 is 22.7 Å². The zero-order valence-corrected chi connectivity index (χ0v) is 12.4. The van der Waals surface area contributed by atoms with Crippen LogP contribution in [0.3, 0.4) is 0 Å². The van der Waals surface area contributed by atoms with Crippen LogP contribution in [0.5, 0.6) is 5.75 Å². The highest BCUT2D eigenvalue weighted by Gasteiger charge is 2.35. The van der Waals surface area contributed by atoms with E-state index in [4.69, 9.17) is 0 Å². The van der Waals surface area contributed by atoms with E-state index >= 15 is 0 Å². The zero-order chi connectivity index (χ0) is 16.9. The molecule has 0 bridgehead atoms. The third-order valence-electron chi connectivity index (χ3n) is 4.10. The van der Waals surface area contributed by atoms with Gasteiger partial charge >= 0.3 is 6.36 Å². The molecule has 0 atom stereocenters. The van der Waals surface area contributed by atoms with E-state index < -0.39 is 6.36 Å². The molecular weight excluding hydrogens is 319 g/mol. The number of fused-ring (bicyclic) bond motifs is 2. The van der Waals surface area contributed by atoms with Crippen LogP contribution in [0.15, 0.2) is 70.4 Å². The molecule has 1 fully saturated rings. The van der Waals surface area contributed by atoms with Gasteiger partial charge in [-0.1, -0.05) is 18.2 Å². The number of benzene rings is 1. The molecule has 0 aromatic heterocycles. The number of ether oxygens (including phenoxy) is 1. The number of carbonyl (C=O) groups is 1. The summed E-state index contributed by atoms with van der Waals surface area (Å²) in [4.78, 5) is 12.3. The monoisotopic (exact) mass is 331 g/mol. The molecule has 0 spiro atoms. The molecule has 1 N–H and O–H groups in total. The minimum atomic E-state index is -4.73. The molecule has 0 radical (unpaired) electrons. The number of carbonyl (C=O) groups excluding carboxylic acids is 1. The smallest absolute Gasteiger partial charge is 0.406 e. The third-order valence-corrected chi connectivity index (χ3v) is 4.10. The Morgan fingerprint density at radius 3 is 2.83 bits per heavy atom. The Labute approximate surface area is 135 Å². The van der Waals surface area contributed by atoms with E-state index in [1.54, 1.807) is 12.1 Å². The predicted octanol–water partition coefficient (Wildman–Crippen LogP) is 3.71. The Morgan fingerprint density at radius 1 is 1.21 bits per heavy atom. The van der Waals surface area contributed by atoms with E-state index in [0.29, 0.717) is 11.1 Å². The summed E-state index contributed by atoms with van der Waals surface area (Å²) in [5, 5.41) is 2.74. The van der Waals surface area contributed by atoms with Gasteiger partial charge in [0.05, 0.1) is 0 Å². The van der Waals surface area contributed by atoms with Gasteiger partial charge in [0, 0.05) is 12.1 Å². The molecule has 3 aliphatic carbocycles. The summed E-state index contributed by atoms with van der Waals surface area (Å²) in [7, 11) is 0. The van der Waals surface area contributed by atoms with Gasteiger partial charge < -0.3 is 10.1 Å². The van der Waals surface area contributed by atoms with Crippen molar-refractivity contribution in [3.63, 3.8) is 0 Å². The molecule has 3 nitrogen and oxygen atoms in total. The molecular formula is C18H12F3NO2. The van der Waals surface area contributed by atoms with E-state index in [0.717, 1.165) is 17.6 Å². The number of rotatable bonds is 4. The fraction of sp³-hybridized carbons (Fsp3) is 0.167. The maximum Gasteiger partial charge on any atom is 0.573 e. The molecule has 1 aromatic rings. The van der Waals surface area contributed by atoms with E-state index in [1.807, 2.05) is 12.2 Å². The SMILES string of the molecule is O=C(NCc1cccc(OC(F)(F)F)c1)C1=C2C=C3CC3=C2C=C1. The lowest BCUT2D eigenvalue weighted by molar-refractivity contribution is -0.274. The van der Waals surface area contributed by atoms with Gasteiger partial charge in [-0.05, 0) is 58.6 Å². The molecule has 6 heteroatoms. The first-order valence-corrected chi connectivity index (χ1v) is 7.40. The Kier molecular flexibility index (Phi) is 3.16. The average molecular weight is 331 g/mol. The second kappa shape index (κ2) is 5.12. The summed E-state index contributed by atoms with van der Waals surface area (Å²) >= 11 is 0. The number of nitrogens with one attached hydrogen (secondary N) is 1. The van der Waals surface area contributed by atoms with Crippen LogP contribution >= 0.6 is 0 Å². The molecule has 1 saturated carbocycles. The Bertz CT molecular complexity index is 872. The van der Waals surface area contributed by atoms with Crippen molar-refractivity contribution in [2.45, 2.75) is 19.3 Å². The summed E-state index contributed by atoms with van der Waals surface area (Å²) in [6.45, 7) is 0.126. The van der Waals surface area contributed by atoms with Gasteiger partial charge in [0.2, 0.25) is 0 Å². The van der Waals surface area contributed by atoms with E-state index in [2.05, 4.69) is 10.1 Å². The molecule has 122 valence electrons. The highest BCUT2D eigenvalue weighted by molar-refractivity contribution is 6.01. The Balaban J connectivity index is 1.43. The standard InChI is InChI=1S/C18H12F3NO2/c19-18(20,21)24-12-3-1-2-10(6-12)9-22-17(23)14-5-4-13-15-7-11(15)8-16(13)14/h1-6,8H,7,9H2,(H,22,23). The van der Waals surface area contributed by atoms with Gasteiger partial charge in [-0.25, -0.2) is 0 Å². The molecule has 0 heterocycles. The highest BCUT2D eigenvalue weighted by Crippen LogP contribution is 2.51. The van der Waals surface area contributed by atoms with Crippen LogP contribution in [0.1, 0.15) is 12.0 Å². The molecule has 3 aliphatic rings. The van der Waals surface area contributed by atoms with Crippen LogP contribution in [0.25, 0.3) is 0 Å². The van der Waals surface area contributed by atoms with Crippen LogP contribution in [0.2, 0.25) is 0 Å². The van der Waals surface area contributed by atoms with Crippen molar-refractivity contribution in [2.24, 2.45) is 0 Å². The average Bonchev–Trinajstić information content (AvgIpc) is 2.99. The van der Waals surface area contributed by atoms with Gasteiger partial charge in [0.1, 0.15) is 5.75 Å². The van der Waals surface area contributed by atoms with Crippen LogP contribution in [-0.2, 0) is 11.3 Å². The number of hydrogen-bond donors (Lipinski definition) is 1. The molecule has 1 aromatic carbocycles. The van der Waals surface area contributed by atoms with E-state index in [1.165, 1.54) is 29.3 Å². The minimum Gasteiger partial charge on any atom is -0.406 e. The van der Waals surface area contributed by atoms with E-state index in [9.17, 15) is 18.0 Å². The summed E-state index contributed by atoms with van der Waals surface area (Å²) < 4.78 is 40.6. The van der Waals surface area contributed by atoms with Crippen molar-refractivity contribution in [3.05, 3.63) is 75.9 Å². The minimum absolute atomic E-state index is 0.126. The number of alkyl halides is 3. The van der Waals surface area contributed by atoms with Crippen molar-refractivity contribution in [1.29, 1.82) is 0 Å². The first kappa shape index (κ1) is 14.8. The lowest BCUT2D eigenvalue weighted by Crippen LogP contribution is -2.24. The van der Waals surface area contributed by atoms with Gasteiger partial charge in [-0.3, -0.25) is 4.79 Å². The summed E-state index contributed by atoms with van der Waals surface area (Å²) in [5.74, 6) is -0.540. The number of amides is 1. The van der Waals surface area contributed by atoms with Crippen LogP contribution in [0, 0.1) is 0 Å². The Hall–Kier alpha value is -2.76. The maximum absolute atomic E-state index is 12.3. The largest absolute Gasteiger partial charge is 0.573 e. The zero-order valence-electron chi connectivity index (χ0n) is 12.4. The summed E-state index contributed by atoms with van der Waals surface area (Å²) in [5.41, 5.74) is 5.78. The Morgan fingerprint density at radius 2 is 2.04 bits per heavy atom. The van der Waals surface area contributed by atoms with Crippen molar-refractivity contribution >= 4 is 5.91 Å². The molecule has 0 saturated heterocycles. The maximum atomic E-state index is 12.3. The van der Waals surface area contributed by atoms with Crippen molar-refractivity contribution in [3.8, 4) is 5.75 Å². The highest BCUT2D eigenvalue weighted by atomic mass is 19.4. The molecule has 24 heavy (non-hydrogen) atoms. The second-order valence-corrected chi connectivity index (χ2v) is 5.78. The molecule has 1 amide bonds. The van der Waals surface area contributed by atoms with E-state index in [-0.39, 0.29) is 18.2 Å². The van der Waals surface area contributed by atoms with Gasteiger partial charge in [-0.2, -0.15) is 0 Å². The summed E-state index contributed by atoms with van der Waals surface area (Å²) in [6, 6.07) is 5.57. The van der Waals surface area contributed by atoms with Gasteiger partial charge in [0.25, 0.3) is 5.91 Å². The fourth-order valence-corrected chi connectivity index (χ4v) is 2.96. The normalized spacial score (nSPS) is 17.7. The molecule has 0 aliphatic heterocycles. The fourth-order valence-electron chi connectivity index (χ4n) is 2.96. The molecule has 0 unspecified atom stereocenters. The lowest BCUT2D eigenvalue weighted by atomic mass is 10.1. The first-order chi connectivity index (χ1) is 11.4. The van der Waals surface area contributed by atoms with Crippen LogP contribution in [0.4, 0.5) is 13.2 Å². The van der Waals surface area contributed by atoms with Gasteiger partial charge in [0.15, 0.2) is 0 Å². The number of halogens is 3. The quantitative estimate of drug-likeness (QED) is 0.913. The lowest BCUT2D eigenvalue weighted by Gasteiger charge is -2.11. The second-order valence-electron chi connectivity index (χ2n) is 5.78. The van der Waals surface area contributed by atoms with Crippen LogP contribution in [-0.4, -0.2) is 12.3 Å². The predicted molar refractivity (Wildman–Crippen MR) is 80.9 cm³/mol. The van der Waals surface area contributed by atoms with Crippen molar-refractivity contribution in [2.75, 3.05) is 0 Å². The third kappa shape index (κ3) is 2.75. The number of hydrogen-bond acceptors (Lipinski definition) is 2. The first-order valence-electron chi connectivity index (χ1n) is 7.40. The van der Waals surface area contributed by atoms with Crippen LogP contribution < -0.4 is 10.1 Å². The topological polar surface area (TPSA) is 38.3 Å². The summed E-state index contributed by atoms with van der Waals surface area (Å²) in [6.07, 6.45) is 2.01.